The highest BCUT2D eigenvalue weighted by Crippen LogP contribution is 2.13. The van der Waals surface area contributed by atoms with Gasteiger partial charge < -0.3 is 10.1 Å². The second-order valence-corrected chi connectivity index (χ2v) is 6.45. The average molecular weight is 284 g/mol. The molecule has 0 aromatic rings. The van der Waals surface area contributed by atoms with E-state index in [-0.39, 0.29) is 0 Å². The van der Waals surface area contributed by atoms with E-state index in [9.17, 15) is 0 Å². The summed E-state index contributed by atoms with van der Waals surface area (Å²) in [5.74, 6) is 0.819. The maximum absolute atomic E-state index is 5.82. The van der Waals surface area contributed by atoms with E-state index in [1.807, 2.05) is 0 Å². The Bertz CT molecular complexity index is 190. The zero-order chi connectivity index (χ0) is 14.3. The minimum atomic E-state index is 0.819. The van der Waals surface area contributed by atoms with Crippen molar-refractivity contribution in [3.8, 4) is 0 Å². The average Bonchev–Trinajstić information content (AvgIpc) is 2.49. The molecule has 0 radical (unpaired) electrons. The van der Waals surface area contributed by atoms with Crippen molar-refractivity contribution < 1.29 is 4.74 Å². The number of ether oxygens (including phenoxy) is 1. The third-order valence-corrected chi connectivity index (χ3v) is 4.45. The van der Waals surface area contributed by atoms with Gasteiger partial charge in [0.15, 0.2) is 0 Å². The van der Waals surface area contributed by atoms with Crippen molar-refractivity contribution in [2.75, 3.05) is 26.3 Å². The lowest BCUT2D eigenvalue weighted by molar-refractivity contribution is 0.0849. The highest BCUT2D eigenvalue weighted by molar-refractivity contribution is 4.67. The molecule has 1 heterocycles. The summed E-state index contributed by atoms with van der Waals surface area (Å²) in [6.45, 7) is 6.64. The molecular weight excluding hydrogens is 246 g/mol. The number of piperidine rings is 1. The Hall–Kier alpha value is -0.0800. The fourth-order valence-corrected chi connectivity index (χ4v) is 2.99. The van der Waals surface area contributed by atoms with E-state index in [2.05, 4.69) is 12.2 Å². The van der Waals surface area contributed by atoms with Crippen LogP contribution in [0.2, 0.25) is 0 Å². The van der Waals surface area contributed by atoms with Gasteiger partial charge in [-0.2, -0.15) is 0 Å². The van der Waals surface area contributed by atoms with E-state index < -0.39 is 0 Å². The molecule has 0 bridgehead atoms. The summed E-state index contributed by atoms with van der Waals surface area (Å²) in [5.41, 5.74) is 0. The molecule has 0 amide bonds. The van der Waals surface area contributed by atoms with Gasteiger partial charge in [0.1, 0.15) is 0 Å². The second-order valence-electron chi connectivity index (χ2n) is 6.45. The molecule has 1 aliphatic heterocycles. The van der Waals surface area contributed by atoms with Crippen molar-refractivity contribution in [2.45, 2.75) is 84.0 Å². The van der Waals surface area contributed by atoms with Crippen LogP contribution >= 0.6 is 0 Å². The first-order chi connectivity index (χ1) is 9.93. The number of rotatable bonds is 13. The summed E-state index contributed by atoms with van der Waals surface area (Å²) in [5, 5.41) is 3.41. The van der Waals surface area contributed by atoms with Crippen molar-refractivity contribution in [3.05, 3.63) is 0 Å². The van der Waals surface area contributed by atoms with Gasteiger partial charge in [0.25, 0.3) is 0 Å². The Morgan fingerprint density at radius 2 is 1.35 bits per heavy atom. The molecule has 2 nitrogen and oxygen atoms in total. The van der Waals surface area contributed by atoms with Crippen LogP contribution in [0, 0.1) is 5.92 Å². The van der Waals surface area contributed by atoms with E-state index in [0.717, 1.165) is 19.1 Å². The summed E-state index contributed by atoms with van der Waals surface area (Å²) in [4.78, 5) is 0. The fourth-order valence-electron chi connectivity index (χ4n) is 2.99. The van der Waals surface area contributed by atoms with Gasteiger partial charge in [-0.1, -0.05) is 64.7 Å². The quantitative estimate of drug-likeness (QED) is 0.484. The zero-order valence-electron chi connectivity index (χ0n) is 13.8. The molecular formula is C18H37NO. The topological polar surface area (TPSA) is 21.3 Å². The van der Waals surface area contributed by atoms with E-state index in [4.69, 9.17) is 4.74 Å². The molecule has 0 aromatic heterocycles. The van der Waals surface area contributed by atoms with Crippen LogP contribution < -0.4 is 5.32 Å². The maximum atomic E-state index is 5.82. The molecule has 0 aliphatic carbocycles. The molecule has 1 fully saturated rings. The molecule has 1 aliphatic rings. The molecule has 120 valence electrons. The number of hydrogen-bond donors (Lipinski definition) is 1. The van der Waals surface area contributed by atoms with Crippen LogP contribution in [0.5, 0.6) is 0 Å². The predicted molar refractivity (Wildman–Crippen MR) is 88.3 cm³/mol. The zero-order valence-corrected chi connectivity index (χ0v) is 13.8. The molecule has 0 unspecified atom stereocenters. The summed E-state index contributed by atoms with van der Waals surface area (Å²) in [7, 11) is 0. The van der Waals surface area contributed by atoms with Crippen molar-refractivity contribution in [1.82, 2.24) is 5.32 Å². The molecule has 1 rings (SSSR count). The summed E-state index contributed by atoms with van der Waals surface area (Å²) < 4.78 is 5.82. The Labute approximate surface area is 127 Å². The van der Waals surface area contributed by atoms with Crippen LogP contribution in [-0.4, -0.2) is 26.3 Å². The summed E-state index contributed by atoms with van der Waals surface area (Å²) >= 11 is 0. The van der Waals surface area contributed by atoms with Gasteiger partial charge in [0.05, 0.1) is 0 Å². The van der Waals surface area contributed by atoms with Crippen LogP contribution in [0.25, 0.3) is 0 Å². The monoisotopic (exact) mass is 283 g/mol. The standard InChI is InChI=1S/C18H37NO/c1-2-3-4-5-6-7-8-9-10-11-16-20-17-18-12-14-19-15-13-18/h18-19H,2-17H2,1H3. The van der Waals surface area contributed by atoms with Crippen molar-refractivity contribution in [3.63, 3.8) is 0 Å². The molecule has 1 saturated heterocycles. The first kappa shape index (κ1) is 18.0. The minimum Gasteiger partial charge on any atom is -0.381 e. The fraction of sp³-hybridized carbons (Fsp3) is 1.00. The van der Waals surface area contributed by atoms with Crippen LogP contribution in [0.3, 0.4) is 0 Å². The Morgan fingerprint density at radius 1 is 0.800 bits per heavy atom. The van der Waals surface area contributed by atoms with Gasteiger partial charge in [-0.3, -0.25) is 0 Å². The summed E-state index contributed by atoms with van der Waals surface area (Å²) in [6.07, 6.45) is 16.6. The first-order valence-electron chi connectivity index (χ1n) is 9.22. The third-order valence-electron chi connectivity index (χ3n) is 4.45. The number of nitrogens with one attached hydrogen (secondary N) is 1. The number of unbranched alkanes of at least 4 members (excludes halogenated alkanes) is 9. The minimum absolute atomic E-state index is 0.819. The lowest BCUT2D eigenvalue weighted by atomic mass is 9.99. The first-order valence-corrected chi connectivity index (χ1v) is 9.22. The second kappa shape index (κ2) is 13.9. The third kappa shape index (κ3) is 10.7. The van der Waals surface area contributed by atoms with Crippen molar-refractivity contribution in [1.29, 1.82) is 0 Å². The van der Waals surface area contributed by atoms with Crippen molar-refractivity contribution >= 4 is 0 Å². The maximum Gasteiger partial charge on any atom is 0.0495 e. The molecule has 2 heteroatoms. The molecule has 0 aromatic carbocycles. The molecule has 0 spiro atoms. The molecule has 1 N–H and O–H groups in total. The summed E-state index contributed by atoms with van der Waals surface area (Å²) in [6, 6.07) is 0. The van der Waals surface area contributed by atoms with Gasteiger partial charge in [0, 0.05) is 13.2 Å². The lowest BCUT2D eigenvalue weighted by Crippen LogP contribution is -2.30. The predicted octanol–water partition coefficient (Wildman–Crippen LogP) is 4.92. The number of hydrogen-bond acceptors (Lipinski definition) is 2. The van der Waals surface area contributed by atoms with Gasteiger partial charge >= 0.3 is 0 Å². The molecule has 0 atom stereocenters. The molecule has 0 saturated carbocycles. The lowest BCUT2D eigenvalue weighted by Gasteiger charge is -2.22. The smallest absolute Gasteiger partial charge is 0.0495 e. The van der Waals surface area contributed by atoms with Gasteiger partial charge in [-0.25, -0.2) is 0 Å². The van der Waals surface area contributed by atoms with Gasteiger partial charge in [-0.15, -0.1) is 0 Å². The Morgan fingerprint density at radius 3 is 1.95 bits per heavy atom. The van der Waals surface area contributed by atoms with Crippen LogP contribution in [0.4, 0.5) is 0 Å². The Balaban J connectivity index is 1.70. The van der Waals surface area contributed by atoms with E-state index >= 15 is 0 Å². The SMILES string of the molecule is CCCCCCCCCCCCOCC1CCNCC1. The van der Waals surface area contributed by atoms with E-state index in [1.165, 1.54) is 90.1 Å². The van der Waals surface area contributed by atoms with Crippen LogP contribution in [0.15, 0.2) is 0 Å². The highest BCUT2D eigenvalue weighted by atomic mass is 16.5. The highest BCUT2D eigenvalue weighted by Gasteiger charge is 2.12. The largest absolute Gasteiger partial charge is 0.381 e. The van der Waals surface area contributed by atoms with Gasteiger partial charge in [0.2, 0.25) is 0 Å². The van der Waals surface area contributed by atoms with Crippen LogP contribution in [-0.2, 0) is 4.74 Å². The van der Waals surface area contributed by atoms with Crippen LogP contribution in [0.1, 0.15) is 84.0 Å². The van der Waals surface area contributed by atoms with Gasteiger partial charge in [-0.05, 0) is 38.3 Å². The van der Waals surface area contributed by atoms with E-state index in [1.54, 1.807) is 0 Å². The van der Waals surface area contributed by atoms with E-state index in [0.29, 0.717) is 0 Å². The normalized spacial score (nSPS) is 16.6. The van der Waals surface area contributed by atoms with Crippen molar-refractivity contribution in [2.24, 2.45) is 5.92 Å². The Kier molecular flexibility index (Phi) is 12.5. The molecule has 20 heavy (non-hydrogen) atoms.